The minimum Gasteiger partial charge on any atom is -0.322 e. The first-order valence-corrected chi connectivity index (χ1v) is 11.0. The van der Waals surface area contributed by atoms with E-state index in [-0.39, 0.29) is 34.8 Å². The van der Waals surface area contributed by atoms with E-state index in [9.17, 15) is 19.2 Å². The molecule has 0 aliphatic heterocycles. The van der Waals surface area contributed by atoms with E-state index in [1.165, 1.54) is 4.57 Å². The van der Waals surface area contributed by atoms with Gasteiger partial charge in [-0.25, -0.2) is 9.78 Å². The molecular formula is C26H24N4O4. The van der Waals surface area contributed by atoms with E-state index in [0.717, 1.165) is 0 Å². The number of carbonyl (C=O) groups excluding carboxylic acids is 2. The van der Waals surface area contributed by atoms with Crippen molar-refractivity contribution < 1.29 is 9.59 Å². The fraction of sp³-hybridized carbons (Fsp3) is 0.192. The Morgan fingerprint density at radius 3 is 2.38 bits per heavy atom. The molecule has 0 atom stereocenters. The van der Waals surface area contributed by atoms with Crippen LogP contribution in [0.4, 0.5) is 5.69 Å². The largest absolute Gasteiger partial charge is 0.329 e. The normalized spacial score (nSPS) is 11.1. The van der Waals surface area contributed by atoms with Crippen LogP contribution in [-0.4, -0.2) is 26.2 Å². The maximum Gasteiger partial charge on any atom is 0.329 e. The number of amides is 1. The third-order valence-corrected chi connectivity index (χ3v) is 5.54. The summed E-state index contributed by atoms with van der Waals surface area (Å²) in [7, 11) is 0. The van der Waals surface area contributed by atoms with Gasteiger partial charge < -0.3 is 5.32 Å². The van der Waals surface area contributed by atoms with Crippen LogP contribution in [0.25, 0.3) is 11.0 Å². The van der Waals surface area contributed by atoms with Gasteiger partial charge in [0.15, 0.2) is 11.4 Å². The number of aromatic nitrogens is 3. The number of aromatic amines is 1. The zero-order valence-electron chi connectivity index (χ0n) is 19.1. The molecule has 0 unspecified atom stereocenters. The molecule has 34 heavy (non-hydrogen) atoms. The molecule has 4 rings (SSSR count). The van der Waals surface area contributed by atoms with Crippen molar-refractivity contribution in [3.8, 4) is 0 Å². The number of hydrogen-bond acceptors (Lipinski definition) is 5. The van der Waals surface area contributed by atoms with Crippen molar-refractivity contribution in [2.45, 2.75) is 33.2 Å². The van der Waals surface area contributed by atoms with Gasteiger partial charge in [0.25, 0.3) is 11.5 Å². The third kappa shape index (κ3) is 4.30. The van der Waals surface area contributed by atoms with E-state index < -0.39 is 17.2 Å². The Labute approximate surface area is 195 Å². The number of pyridine rings is 1. The number of hydrogen-bond donors (Lipinski definition) is 2. The summed E-state index contributed by atoms with van der Waals surface area (Å²) in [6.07, 6.45) is 0. The molecule has 0 bridgehead atoms. The van der Waals surface area contributed by atoms with Gasteiger partial charge in [0.2, 0.25) is 0 Å². The molecular weight excluding hydrogens is 432 g/mol. The zero-order valence-corrected chi connectivity index (χ0v) is 19.1. The molecule has 1 amide bonds. The first-order chi connectivity index (χ1) is 16.3. The molecule has 8 nitrogen and oxygen atoms in total. The fourth-order valence-electron chi connectivity index (χ4n) is 3.75. The Morgan fingerprint density at radius 1 is 1.00 bits per heavy atom. The molecule has 2 aromatic carbocycles. The molecule has 4 aromatic rings. The Morgan fingerprint density at radius 2 is 1.71 bits per heavy atom. The van der Waals surface area contributed by atoms with E-state index >= 15 is 0 Å². The van der Waals surface area contributed by atoms with Gasteiger partial charge in [-0.3, -0.25) is 23.9 Å². The van der Waals surface area contributed by atoms with E-state index in [1.54, 1.807) is 61.5 Å². The SMILES string of the molecule is CCn1c(=O)[nH]c(=O)c2c(C(=O)Nc3cccc(C(=O)c4ccccc4)c3)cc(C(C)C)nc21. The number of carbonyl (C=O) groups is 2. The van der Waals surface area contributed by atoms with Crippen molar-refractivity contribution in [2.75, 3.05) is 5.32 Å². The molecule has 0 saturated heterocycles. The van der Waals surface area contributed by atoms with Gasteiger partial charge in [0.05, 0.1) is 10.9 Å². The van der Waals surface area contributed by atoms with Crippen molar-refractivity contribution in [2.24, 2.45) is 0 Å². The number of nitrogens with one attached hydrogen (secondary N) is 2. The summed E-state index contributed by atoms with van der Waals surface area (Å²) in [5.74, 6) is -0.746. The number of ketones is 1. The van der Waals surface area contributed by atoms with Crippen LogP contribution in [0.15, 0.2) is 70.3 Å². The standard InChI is InChI=1S/C26H24N4O4/c1-4-30-23-21(25(33)29-26(30)34)19(14-20(28-23)15(2)3)24(32)27-18-12-8-11-17(13-18)22(31)16-9-6-5-7-10-16/h5-15H,4H2,1-3H3,(H,27,32)(H,29,33,34). The highest BCUT2D eigenvalue weighted by Gasteiger charge is 2.20. The van der Waals surface area contributed by atoms with Crippen LogP contribution in [0.5, 0.6) is 0 Å². The van der Waals surface area contributed by atoms with Gasteiger partial charge in [-0.15, -0.1) is 0 Å². The lowest BCUT2D eigenvalue weighted by Gasteiger charge is -2.14. The number of H-pyrrole nitrogens is 1. The first-order valence-electron chi connectivity index (χ1n) is 11.0. The van der Waals surface area contributed by atoms with Crippen molar-refractivity contribution in [3.63, 3.8) is 0 Å². The molecule has 2 N–H and O–H groups in total. The molecule has 0 spiro atoms. The van der Waals surface area contributed by atoms with E-state index in [0.29, 0.717) is 22.5 Å². The fourth-order valence-corrected chi connectivity index (χ4v) is 3.75. The monoisotopic (exact) mass is 456 g/mol. The lowest BCUT2D eigenvalue weighted by atomic mass is 10.0. The summed E-state index contributed by atoms with van der Waals surface area (Å²) < 4.78 is 1.33. The van der Waals surface area contributed by atoms with Gasteiger partial charge >= 0.3 is 5.69 Å². The lowest BCUT2D eigenvalue weighted by Crippen LogP contribution is -2.32. The lowest BCUT2D eigenvalue weighted by molar-refractivity contribution is 0.102. The minimum absolute atomic E-state index is 0.0394. The van der Waals surface area contributed by atoms with E-state index in [4.69, 9.17) is 0 Å². The summed E-state index contributed by atoms with van der Waals surface area (Å²) in [6, 6.07) is 17.0. The summed E-state index contributed by atoms with van der Waals surface area (Å²) in [5.41, 5.74) is 0.969. The highest BCUT2D eigenvalue weighted by molar-refractivity contribution is 6.13. The summed E-state index contributed by atoms with van der Waals surface area (Å²) >= 11 is 0. The second-order valence-corrected chi connectivity index (χ2v) is 8.18. The Bertz CT molecular complexity index is 1520. The predicted octanol–water partition coefficient (Wildman–Crippen LogP) is 3.71. The molecule has 0 aliphatic carbocycles. The van der Waals surface area contributed by atoms with Gasteiger partial charge in [-0.2, -0.15) is 0 Å². The smallest absolute Gasteiger partial charge is 0.322 e. The number of aryl methyl sites for hydroxylation is 1. The van der Waals surface area contributed by atoms with Gasteiger partial charge in [-0.05, 0) is 31.0 Å². The second kappa shape index (κ2) is 9.27. The summed E-state index contributed by atoms with van der Waals surface area (Å²) in [6.45, 7) is 5.87. The highest BCUT2D eigenvalue weighted by Crippen LogP contribution is 2.22. The quantitative estimate of drug-likeness (QED) is 0.429. The van der Waals surface area contributed by atoms with Crippen LogP contribution < -0.4 is 16.6 Å². The van der Waals surface area contributed by atoms with Crippen LogP contribution in [0.1, 0.15) is 58.7 Å². The van der Waals surface area contributed by atoms with E-state index in [1.807, 2.05) is 19.9 Å². The Balaban J connectivity index is 1.78. The summed E-state index contributed by atoms with van der Waals surface area (Å²) in [5, 5.41) is 2.82. The van der Waals surface area contributed by atoms with Gasteiger partial charge in [-0.1, -0.05) is 56.3 Å². The first kappa shape index (κ1) is 22.8. The second-order valence-electron chi connectivity index (χ2n) is 8.18. The number of rotatable bonds is 6. The molecule has 0 saturated carbocycles. The van der Waals surface area contributed by atoms with Crippen molar-refractivity contribution >= 4 is 28.4 Å². The van der Waals surface area contributed by atoms with Gasteiger partial charge in [0.1, 0.15) is 0 Å². The number of anilines is 1. The topological polar surface area (TPSA) is 114 Å². The molecule has 8 heteroatoms. The van der Waals surface area contributed by atoms with Crippen LogP contribution in [-0.2, 0) is 6.54 Å². The molecule has 0 fully saturated rings. The average Bonchev–Trinajstić information content (AvgIpc) is 2.83. The summed E-state index contributed by atoms with van der Waals surface area (Å²) in [4.78, 5) is 57.9. The molecule has 0 radical (unpaired) electrons. The Hall–Kier alpha value is -4.33. The minimum atomic E-state index is -0.675. The van der Waals surface area contributed by atoms with Crippen molar-refractivity contribution in [1.82, 2.24) is 14.5 Å². The molecule has 2 aromatic heterocycles. The van der Waals surface area contributed by atoms with Crippen molar-refractivity contribution in [1.29, 1.82) is 0 Å². The molecule has 172 valence electrons. The van der Waals surface area contributed by atoms with Crippen molar-refractivity contribution in [3.05, 3.63) is 104 Å². The molecule has 2 heterocycles. The number of benzene rings is 2. The van der Waals surface area contributed by atoms with Gasteiger partial charge in [0, 0.05) is 29.1 Å². The maximum absolute atomic E-state index is 13.3. The maximum atomic E-state index is 13.3. The molecule has 0 aliphatic rings. The number of fused-ring (bicyclic) bond motifs is 1. The predicted molar refractivity (Wildman–Crippen MR) is 131 cm³/mol. The van der Waals surface area contributed by atoms with Crippen LogP contribution in [0.2, 0.25) is 0 Å². The Kier molecular flexibility index (Phi) is 6.23. The van der Waals surface area contributed by atoms with Crippen LogP contribution >= 0.6 is 0 Å². The third-order valence-electron chi connectivity index (χ3n) is 5.54. The zero-order chi connectivity index (χ0) is 24.4. The average molecular weight is 457 g/mol. The van der Waals surface area contributed by atoms with Crippen LogP contribution in [0, 0.1) is 0 Å². The number of nitrogens with zero attached hydrogens (tertiary/aromatic N) is 2. The highest BCUT2D eigenvalue weighted by atomic mass is 16.2. The van der Waals surface area contributed by atoms with Crippen LogP contribution in [0.3, 0.4) is 0 Å². The van der Waals surface area contributed by atoms with E-state index in [2.05, 4.69) is 15.3 Å².